The molecule has 3 aromatic rings. The zero-order chi connectivity index (χ0) is 21.4. The second-order valence-corrected chi connectivity index (χ2v) is 8.49. The number of thiophene rings is 1. The van der Waals surface area contributed by atoms with E-state index >= 15 is 0 Å². The molecule has 156 valence electrons. The lowest BCUT2D eigenvalue weighted by molar-refractivity contribution is 0.0478. The minimum Gasteiger partial charge on any atom is -0.459 e. The molecule has 0 aliphatic heterocycles. The third-order valence-electron chi connectivity index (χ3n) is 5.12. The van der Waals surface area contributed by atoms with Crippen LogP contribution in [-0.4, -0.2) is 28.8 Å². The molecule has 0 radical (unpaired) electrons. The first-order valence-electron chi connectivity index (χ1n) is 9.69. The van der Waals surface area contributed by atoms with Crippen LogP contribution in [0.5, 0.6) is 0 Å². The molecule has 1 aliphatic carbocycles. The van der Waals surface area contributed by atoms with Gasteiger partial charge < -0.3 is 19.0 Å². The Balaban J connectivity index is 1.39. The van der Waals surface area contributed by atoms with E-state index < -0.39 is 11.9 Å². The smallest absolute Gasteiger partial charge is 0.349 e. The SMILES string of the molecule is Cc1cc(NC(=O)c2ccco2)sc1C(=O)OCC(=O)c1cc(C)n(C2CC2)c1C. The Labute approximate surface area is 177 Å². The number of hydrogen-bond acceptors (Lipinski definition) is 6. The van der Waals surface area contributed by atoms with Crippen LogP contribution in [0.25, 0.3) is 0 Å². The van der Waals surface area contributed by atoms with Crippen LogP contribution >= 0.6 is 11.3 Å². The number of nitrogens with one attached hydrogen (secondary N) is 1. The molecule has 0 atom stereocenters. The van der Waals surface area contributed by atoms with Gasteiger partial charge in [0.15, 0.2) is 12.4 Å². The van der Waals surface area contributed by atoms with E-state index in [1.165, 1.54) is 6.26 Å². The highest BCUT2D eigenvalue weighted by molar-refractivity contribution is 7.18. The van der Waals surface area contributed by atoms with E-state index in [1.54, 1.807) is 25.1 Å². The van der Waals surface area contributed by atoms with Gasteiger partial charge >= 0.3 is 5.97 Å². The Bertz CT molecular complexity index is 1120. The normalized spacial score (nSPS) is 13.3. The molecule has 0 aromatic carbocycles. The Morgan fingerprint density at radius 3 is 2.67 bits per heavy atom. The number of furan rings is 1. The fourth-order valence-corrected chi connectivity index (χ4v) is 4.52. The number of aromatic nitrogens is 1. The molecule has 0 bridgehead atoms. The van der Waals surface area contributed by atoms with Crippen LogP contribution in [0.2, 0.25) is 0 Å². The van der Waals surface area contributed by atoms with Gasteiger partial charge in [0.05, 0.1) is 11.3 Å². The highest BCUT2D eigenvalue weighted by Gasteiger charge is 2.28. The zero-order valence-corrected chi connectivity index (χ0v) is 17.8. The number of nitrogens with zero attached hydrogens (tertiary/aromatic N) is 1. The first kappa shape index (κ1) is 20.2. The Hall–Kier alpha value is -3.13. The number of carbonyl (C=O) groups is 3. The molecule has 1 fully saturated rings. The largest absolute Gasteiger partial charge is 0.459 e. The quantitative estimate of drug-likeness (QED) is 0.437. The molecule has 7 nitrogen and oxygen atoms in total. The maximum absolute atomic E-state index is 12.6. The minimum absolute atomic E-state index is 0.180. The van der Waals surface area contributed by atoms with Crippen molar-refractivity contribution in [2.75, 3.05) is 11.9 Å². The van der Waals surface area contributed by atoms with Gasteiger partial charge in [0.25, 0.3) is 5.91 Å². The standard InChI is InChI=1S/C22H22N2O5S/c1-12-9-19(23-21(26)18-5-4-8-28-18)30-20(12)22(27)29-11-17(25)16-10-13(2)24(14(16)3)15-6-7-15/h4-5,8-10,15H,6-7,11H2,1-3H3,(H,23,26). The van der Waals surface area contributed by atoms with Crippen molar-refractivity contribution in [1.82, 2.24) is 4.57 Å². The maximum Gasteiger partial charge on any atom is 0.349 e. The summed E-state index contributed by atoms with van der Waals surface area (Å²) in [5.41, 5.74) is 3.24. The van der Waals surface area contributed by atoms with E-state index in [0.29, 0.717) is 27.0 Å². The number of esters is 1. The Morgan fingerprint density at radius 1 is 1.23 bits per heavy atom. The monoisotopic (exact) mass is 426 g/mol. The van der Waals surface area contributed by atoms with Gasteiger partial charge in [0.1, 0.15) is 4.88 Å². The first-order chi connectivity index (χ1) is 14.3. The number of anilines is 1. The van der Waals surface area contributed by atoms with Gasteiger partial charge in [-0.3, -0.25) is 9.59 Å². The molecule has 30 heavy (non-hydrogen) atoms. The van der Waals surface area contributed by atoms with E-state index in [9.17, 15) is 14.4 Å². The molecule has 3 aromatic heterocycles. The second kappa shape index (κ2) is 7.95. The molecule has 1 saturated carbocycles. The van der Waals surface area contributed by atoms with E-state index in [-0.39, 0.29) is 18.2 Å². The third-order valence-corrected chi connectivity index (χ3v) is 6.25. The average Bonchev–Trinajstić information content (AvgIpc) is 3.12. The number of ketones is 1. The summed E-state index contributed by atoms with van der Waals surface area (Å²) in [7, 11) is 0. The van der Waals surface area contributed by atoms with Gasteiger partial charge in [0.2, 0.25) is 5.78 Å². The van der Waals surface area contributed by atoms with E-state index in [0.717, 1.165) is 35.6 Å². The highest BCUT2D eigenvalue weighted by Crippen LogP contribution is 2.38. The van der Waals surface area contributed by atoms with E-state index in [2.05, 4.69) is 9.88 Å². The zero-order valence-electron chi connectivity index (χ0n) is 17.0. The van der Waals surface area contributed by atoms with Gasteiger partial charge in [-0.1, -0.05) is 0 Å². The van der Waals surface area contributed by atoms with Crippen molar-refractivity contribution < 1.29 is 23.5 Å². The molecule has 3 heterocycles. The van der Waals surface area contributed by atoms with Crippen LogP contribution in [0.15, 0.2) is 34.9 Å². The number of rotatable bonds is 7. The number of carbonyl (C=O) groups excluding carboxylic acids is 3. The predicted octanol–water partition coefficient (Wildman–Crippen LogP) is 4.69. The van der Waals surface area contributed by atoms with Gasteiger partial charge in [-0.05, 0) is 63.4 Å². The number of aryl methyl sites for hydroxylation is 2. The van der Waals surface area contributed by atoms with Crippen molar-refractivity contribution in [3.63, 3.8) is 0 Å². The van der Waals surface area contributed by atoms with Crippen LogP contribution in [0.3, 0.4) is 0 Å². The molecule has 1 N–H and O–H groups in total. The van der Waals surface area contributed by atoms with E-state index in [1.807, 2.05) is 19.9 Å². The molecule has 0 saturated heterocycles. The van der Waals surface area contributed by atoms with Crippen LogP contribution in [0.1, 0.15) is 66.4 Å². The Kier molecular flexibility index (Phi) is 5.34. The minimum atomic E-state index is -0.583. The predicted molar refractivity (Wildman–Crippen MR) is 113 cm³/mol. The molecular weight excluding hydrogens is 404 g/mol. The molecule has 0 spiro atoms. The summed E-state index contributed by atoms with van der Waals surface area (Å²) in [5.74, 6) is -1.02. The topological polar surface area (TPSA) is 90.5 Å². The molecular formula is C22H22N2O5S. The summed E-state index contributed by atoms with van der Waals surface area (Å²) >= 11 is 1.10. The molecule has 1 aliphatic rings. The highest BCUT2D eigenvalue weighted by atomic mass is 32.1. The first-order valence-corrected chi connectivity index (χ1v) is 10.5. The number of amides is 1. The lowest BCUT2D eigenvalue weighted by Gasteiger charge is -2.07. The molecule has 0 unspecified atom stereocenters. The lowest BCUT2D eigenvalue weighted by atomic mass is 10.1. The van der Waals surface area contributed by atoms with Crippen molar-refractivity contribution in [3.8, 4) is 0 Å². The van der Waals surface area contributed by atoms with Gasteiger partial charge in [-0.15, -0.1) is 11.3 Å². The van der Waals surface area contributed by atoms with Crippen molar-refractivity contribution in [2.45, 2.75) is 39.7 Å². The summed E-state index contributed by atoms with van der Waals surface area (Å²) < 4.78 is 12.5. The van der Waals surface area contributed by atoms with Crippen molar-refractivity contribution in [3.05, 3.63) is 63.7 Å². The fraction of sp³-hybridized carbons (Fsp3) is 0.318. The van der Waals surface area contributed by atoms with Crippen molar-refractivity contribution >= 4 is 34.0 Å². The van der Waals surface area contributed by atoms with Gasteiger partial charge in [-0.2, -0.15) is 0 Å². The Morgan fingerprint density at radius 2 is 2.00 bits per heavy atom. The molecule has 1 amide bonds. The van der Waals surface area contributed by atoms with Crippen LogP contribution in [0.4, 0.5) is 5.00 Å². The second-order valence-electron chi connectivity index (χ2n) is 7.44. The van der Waals surface area contributed by atoms with Crippen molar-refractivity contribution in [2.24, 2.45) is 0 Å². The number of ether oxygens (including phenoxy) is 1. The maximum atomic E-state index is 12.6. The molecule has 8 heteroatoms. The summed E-state index contributed by atoms with van der Waals surface area (Å²) in [4.78, 5) is 37.6. The molecule has 4 rings (SSSR count). The van der Waals surface area contributed by atoms with Gasteiger partial charge in [0, 0.05) is 23.0 Å². The van der Waals surface area contributed by atoms with E-state index in [4.69, 9.17) is 9.15 Å². The lowest BCUT2D eigenvalue weighted by Crippen LogP contribution is -2.15. The summed E-state index contributed by atoms with van der Waals surface area (Å²) in [6, 6.07) is 7.21. The summed E-state index contributed by atoms with van der Waals surface area (Å²) in [6.07, 6.45) is 3.68. The summed E-state index contributed by atoms with van der Waals surface area (Å²) in [6.45, 7) is 5.35. The van der Waals surface area contributed by atoms with Gasteiger partial charge in [-0.25, -0.2) is 4.79 Å². The van der Waals surface area contributed by atoms with Crippen LogP contribution in [0, 0.1) is 20.8 Å². The fourth-order valence-electron chi connectivity index (χ4n) is 3.56. The number of Topliss-reactive ketones (excluding diaryl/α,β-unsaturated/α-hetero) is 1. The average molecular weight is 426 g/mol. The number of hydrogen-bond donors (Lipinski definition) is 1. The van der Waals surface area contributed by atoms with Crippen LogP contribution in [-0.2, 0) is 4.74 Å². The van der Waals surface area contributed by atoms with Crippen LogP contribution < -0.4 is 5.32 Å². The summed E-state index contributed by atoms with van der Waals surface area (Å²) in [5, 5.41) is 3.19. The third kappa shape index (κ3) is 3.95. The van der Waals surface area contributed by atoms with Crippen molar-refractivity contribution in [1.29, 1.82) is 0 Å².